The monoisotopic (exact) mass is 301 g/mol. The number of anilines is 1. The van der Waals surface area contributed by atoms with E-state index in [1.807, 2.05) is 6.92 Å². The molecule has 0 unspecified atom stereocenters. The summed E-state index contributed by atoms with van der Waals surface area (Å²) in [4.78, 5) is 30.0. The van der Waals surface area contributed by atoms with Crippen LogP contribution in [0.3, 0.4) is 0 Å². The first-order valence-corrected chi connectivity index (χ1v) is 7.33. The van der Waals surface area contributed by atoms with Crippen molar-refractivity contribution in [3.05, 3.63) is 34.1 Å². The van der Waals surface area contributed by atoms with E-state index in [2.05, 4.69) is 15.2 Å². The summed E-state index contributed by atoms with van der Waals surface area (Å²) in [7, 11) is 0. The van der Waals surface area contributed by atoms with Crippen LogP contribution >= 0.6 is 0 Å². The van der Waals surface area contributed by atoms with Gasteiger partial charge in [0.1, 0.15) is 11.5 Å². The Balaban J connectivity index is 2.17. The van der Waals surface area contributed by atoms with Gasteiger partial charge >= 0.3 is 0 Å². The molecule has 0 aromatic carbocycles. The molecule has 3 rings (SSSR count). The number of aromatic carboxylic acids is 1. The summed E-state index contributed by atoms with van der Waals surface area (Å²) in [6.45, 7) is 5.89. The maximum atomic E-state index is 12.2. The SMILES string of the molecule is CCn1cc(C(=O)[O-])c(=O)c2ccc(N3CCNCC3)nc21. The van der Waals surface area contributed by atoms with E-state index in [-0.39, 0.29) is 5.56 Å². The summed E-state index contributed by atoms with van der Waals surface area (Å²) in [6, 6.07) is 3.43. The van der Waals surface area contributed by atoms with Crippen LogP contribution in [0.1, 0.15) is 17.3 Å². The van der Waals surface area contributed by atoms with Gasteiger partial charge < -0.3 is 24.7 Å². The molecule has 0 atom stereocenters. The molecule has 0 amide bonds. The maximum Gasteiger partial charge on any atom is 0.200 e. The number of carbonyl (C=O) groups excluding carboxylic acids is 1. The number of nitrogens with zero attached hydrogens (tertiary/aromatic N) is 3. The van der Waals surface area contributed by atoms with Gasteiger partial charge in [0.15, 0.2) is 5.43 Å². The number of aryl methyl sites for hydroxylation is 1. The summed E-state index contributed by atoms with van der Waals surface area (Å²) in [5, 5.41) is 14.7. The number of piperazine rings is 1. The fraction of sp³-hybridized carbons (Fsp3) is 0.400. The third-order valence-electron chi connectivity index (χ3n) is 3.91. The Morgan fingerprint density at radius 1 is 1.36 bits per heavy atom. The Bertz CT molecular complexity index is 778. The Morgan fingerprint density at radius 2 is 2.09 bits per heavy atom. The van der Waals surface area contributed by atoms with E-state index in [4.69, 9.17) is 0 Å². The minimum absolute atomic E-state index is 0.308. The number of hydrogen-bond donors (Lipinski definition) is 1. The van der Waals surface area contributed by atoms with Gasteiger partial charge in [0, 0.05) is 38.9 Å². The summed E-state index contributed by atoms with van der Waals surface area (Å²) < 4.78 is 1.67. The summed E-state index contributed by atoms with van der Waals surface area (Å²) >= 11 is 0. The quantitative estimate of drug-likeness (QED) is 0.797. The van der Waals surface area contributed by atoms with Crippen molar-refractivity contribution in [1.29, 1.82) is 0 Å². The largest absolute Gasteiger partial charge is 0.545 e. The van der Waals surface area contributed by atoms with Crippen molar-refractivity contribution < 1.29 is 9.90 Å². The molecule has 1 saturated heterocycles. The molecule has 0 radical (unpaired) electrons. The van der Waals surface area contributed by atoms with Gasteiger partial charge in [0.25, 0.3) is 0 Å². The van der Waals surface area contributed by atoms with Crippen LogP contribution in [0, 0.1) is 0 Å². The Labute approximate surface area is 127 Å². The van der Waals surface area contributed by atoms with Crippen LogP contribution in [0.5, 0.6) is 0 Å². The lowest BCUT2D eigenvalue weighted by atomic mass is 10.2. The highest BCUT2D eigenvalue weighted by Gasteiger charge is 2.15. The molecule has 22 heavy (non-hydrogen) atoms. The first-order chi connectivity index (χ1) is 10.6. The molecule has 0 bridgehead atoms. The second-order valence-electron chi connectivity index (χ2n) is 5.22. The number of rotatable bonds is 3. The van der Waals surface area contributed by atoms with E-state index in [0.717, 1.165) is 32.0 Å². The standard InChI is InChI=1S/C15H18N4O3/c1-2-18-9-11(15(21)22)13(20)10-3-4-12(17-14(10)18)19-7-5-16-6-8-19/h3-4,9,16H,2,5-8H2,1H3,(H,21,22)/p-1. The Morgan fingerprint density at radius 3 is 2.73 bits per heavy atom. The van der Waals surface area contributed by atoms with Crippen LogP contribution < -0.4 is 20.8 Å². The van der Waals surface area contributed by atoms with E-state index >= 15 is 0 Å². The van der Waals surface area contributed by atoms with Crippen molar-refractivity contribution >= 4 is 22.8 Å². The molecule has 0 saturated carbocycles. The molecule has 1 fully saturated rings. The number of carboxylic acids is 1. The van der Waals surface area contributed by atoms with E-state index in [1.54, 1.807) is 16.7 Å². The van der Waals surface area contributed by atoms with Gasteiger partial charge in [-0.2, -0.15) is 0 Å². The molecular formula is C15H17N4O3-. The third-order valence-corrected chi connectivity index (χ3v) is 3.91. The number of carboxylic acid groups (broad SMARTS) is 1. The molecule has 3 heterocycles. The number of aromatic nitrogens is 2. The van der Waals surface area contributed by atoms with E-state index in [1.165, 1.54) is 6.20 Å². The third kappa shape index (κ3) is 2.43. The predicted molar refractivity (Wildman–Crippen MR) is 81.1 cm³/mol. The Kier molecular flexibility index (Phi) is 3.81. The highest BCUT2D eigenvalue weighted by molar-refractivity contribution is 5.90. The number of fused-ring (bicyclic) bond motifs is 1. The molecule has 0 spiro atoms. The van der Waals surface area contributed by atoms with Crippen LogP contribution in [-0.2, 0) is 6.54 Å². The van der Waals surface area contributed by atoms with Crippen LogP contribution in [0.15, 0.2) is 23.1 Å². The van der Waals surface area contributed by atoms with Gasteiger partial charge in [0.2, 0.25) is 0 Å². The van der Waals surface area contributed by atoms with Gasteiger partial charge in [0.05, 0.1) is 16.9 Å². The normalized spacial score (nSPS) is 15.2. The van der Waals surface area contributed by atoms with Crippen molar-refractivity contribution in [2.24, 2.45) is 0 Å². The van der Waals surface area contributed by atoms with Crippen LogP contribution in [-0.4, -0.2) is 41.7 Å². The number of carbonyl (C=O) groups is 1. The molecule has 2 aromatic rings. The molecule has 2 aromatic heterocycles. The van der Waals surface area contributed by atoms with Crippen LogP contribution in [0.4, 0.5) is 5.82 Å². The molecule has 1 aliphatic rings. The number of pyridine rings is 2. The highest BCUT2D eigenvalue weighted by atomic mass is 16.4. The van der Waals surface area contributed by atoms with Crippen molar-refractivity contribution in [1.82, 2.24) is 14.9 Å². The zero-order chi connectivity index (χ0) is 15.7. The first kappa shape index (κ1) is 14.5. The molecular weight excluding hydrogens is 284 g/mol. The Hall–Kier alpha value is -2.41. The van der Waals surface area contributed by atoms with Crippen LogP contribution in [0.25, 0.3) is 11.0 Å². The van der Waals surface area contributed by atoms with Gasteiger partial charge in [-0.05, 0) is 19.1 Å². The first-order valence-electron chi connectivity index (χ1n) is 7.33. The van der Waals surface area contributed by atoms with Crippen LogP contribution in [0.2, 0.25) is 0 Å². The number of hydrogen-bond acceptors (Lipinski definition) is 6. The fourth-order valence-corrected chi connectivity index (χ4v) is 2.71. The molecule has 7 heteroatoms. The average Bonchev–Trinajstić information content (AvgIpc) is 2.55. The average molecular weight is 301 g/mol. The zero-order valence-electron chi connectivity index (χ0n) is 12.3. The van der Waals surface area contributed by atoms with Gasteiger partial charge in [-0.1, -0.05) is 0 Å². The lowest BCUT2D eigenvalue weighted by molar-refractivity contribution is -0.255. The van der Waals surface area contributed by atoms with Gasteiger partial charge in [-0.25, -0.2) is 4.98 Å². The predicted octanol–water partition coefficient (Wildman–Crippen LogP) is -0.810. The summed E-state index contributed by atoms with van der Waals surface area (Å²) in [6.07, 6.45) is 1.31. The minimum Gasteiger partial charge on any atom is -0.545 e. The van der Waals surface area contributed by atoms with Crippen molar-refractivity contribution in [2.45, 2.75) is 13.5 Å². The smallest absolute Gasteiger partial charge is 0.200 e. The van der Waals surface area contributed by atoms with E-state index < -0.39 is 11.4 Å². The molecule has 7 nitrogen and oxygen atoms in total. The van der Waals surface area contributed by atoms with Crippen molar-refractivity contribution in [3.8, 4) is 0 Å². The fourth-order valence-electron chi connectivity index (χ4n) is 2.71. The number of nitrogens with one attached hydrogen (secondary N) is 1. The summed E-state index contributed by atoms with van der Waals surface area (Å²) in [5.74, 6) is -0.655. The molecule has 0 aliphatic carbocycles. The van der Waals surface area contributed by atoms with Gasteiger partial charge in [-0.3, -0.25) is 4.79 Å². The van der Waals surface area contributed by atoms with E-state index in [9.17, 15) is 14.7 Å². The second-order valence-corrected chi connectivity index (χ2v) is 5.22. The minimum atomic E-state index is -1.46. The second kappa shape index (κ2) is 5.76. The summed E-state index contributed by atoms with van der Waals surface area (Å²) in [5.41, 5.74) is -0.362. The lowest BCUT2D eigenvalue weighted by Gasteiger charge is -2.28. The van der Waals surface area contributed by atoms with Crippen molar-refractivity contribution in [2.75, 3.05) is 31.1 Å². The molecule has 1 N–H and O–H groups in total. The maximum absolute atomic E-state index is 12.2. The molecule has 1 aliphatic heterocycles. The van der Waals surface area contributed by atoms with Gasteiger partial charge in [-0.15, -0.1) is 0 Å². The van der Waals surface area contributed by atoms with E-state index in [0.29, 0.717) is 17.6 Å². The lowest BCUT2D eigenvalue weighted by Crippen LogP contribution is -2.44. The topological polar surface area (TPSA) is 90.3 Å². The zero-order valence-corrected chi connectivity index (χ0v) is 12.3. The highest BCUT2D eigenvalue weighted by Crippen LogP contribution is 2.17. The van der Waals surface area contributed by atoms with Crippen molar-refractivity contribution in [3.63, 3.8) is 0 Å². The molecule has 116 valence electrons.